The molecule has 1 aliphatic rings. The SMILES string of the molecule is N#Cc1ccc(N2CCN(C(=O)CN)CC2)nc1. The van der Waals surface area contributed by atoms with Crippen LogP contribution < -0.4 is 10.6 Å². The van der Waals surface area contributed by atoms with Gasteiger partial charge in [0.25, 0.3) is 0 Å². The van der Waals surface area contributed by atoms with E-state index in [1.165, 1.54) is 0 Å². The summed E-state index contributed by atoms with van der Waals surface area (Å²) in [5.41, 5.74) is 5.88. The molecule has 6 nitrogen and oxygen atoms in total. The van der Waals surface area contributed by atoms with Crippen LogP contribution in [0.2, 0.25) is 0 Å². The summed E-state index contributed by atoms with van der Waals surface area (Å²) < 4.78 is 0. The zero-order valence-electron chi connectivity index (χ0n) is 10.0. The number of aromatic nitrogens is 1. The van der Waals surface area contributed by atoms with E-state index in [1.807, 2.05) is 12.1 Å². The van der Waals surface area contributed by atoms with Crippen LogP contribution in [0, 0.1) is 11.3 Å². The van der Waals surface area contributed by atoms with Crippen molar-refractivity contribution in [3.05, 3.63) is 23.9 Å². The van der Waals surface area contributed by atoms with E-state index >= 15 is 0 Å². The molecule has 0 radical (unpaired) electrons. The molecule has 2 N–H and O–H groups in total. The van der Waals surface area contributed by atoms with Gasteiger partial charge in [0, 0.05) is 32.4 Å². The standard InChI is InChI=1S/C12H15N5O/c13-7-10-1-2-11(15-9-10)16-3-5-17(6-4-16)12(18)8-14/h1-2,9H,3-6,8,14H2. The van der Waals surface area contributed by atoms with Crippen molar-refractivity contribution >= 4 is 11.7 Å². The Morgan fingerprint density at radius 2 is 2.11 bits per heavy atom. The van der Waals surface area contributed by atoms with Crippen LogP contribution in [-0.4, -0.2) is 48.5 Å². The summed E-state index contributed by atoms with van der Waals surface area (Å²) in [7, 11) is 0. The predicted molar refractivity (Wildman–Crippen MR) is 66.8 cm³/mol. The average molecular weight is 245 g/mol. The number of amides is 1. The molecule has 0 spiro atoms. The molecule has 0 aliphatic carbocycles. The lowest BCUT2D eigenvalue weighted by molar-refractivity contribution is -0.129. The van der Waals surface area contributed by atoms with E-state index in [0.29, 0.717) is 18.7 Å². The summed E-state index contributed by atoms with van der Waals surface area (Å²) in [4.78, 5) is 19.5. The van der Waals surface area contributed by atoms with Gasteiger partial charge in [0.1, 0.15) is 11.9 Å². The maximum atomic E-state index is 11.4. The first-order valence-corrected chi connectivity index (χ1v) is 5.83. The molecule has 0 saturated carbocycles. The van der Waals surface area contributed by atoms with Crippen molar-refractivity contribution in [2.24, 2.45) is 5.73 Å². The number of carbonyl (C=O) groups is 1. The van der Waals surface area contributed by atoms with Gasteiger partial charge in [-0.1, -0.05) is 0 Å². The van der Waals surface area contributed by atoms with Crippen LogP contribution in [0.5, 0.6) is 0 Å². The molecule has 0 unspecified atom stereocenters. The molecule has 1 aromatic heterocycles. The highest BCUT2D eigenvalue weighted by Gasteiger charge is 2.20. The van der Waals surface area contributed by atoms with Crippen molar-refractivity contribution in [3.8, 4) is 6.07 Å². The Hall–Kier alpha value is -2.13. The highest BCUT2D eigenvalue weighted by Crippen LogP contribution is 2.13. The van der Waals surface area contributed by atoms with Gasteiger partial charge in [0.15, 0.2) is 0 Å². The number of nitrogens with zero attached hydrogens (tertiary/aromatic N) is 4. The van der Waals surface area contributed by atoms with Gasteiger partial charge in [0.05, 0.1) is 12.1 Å². The molecular weight excluding hydrogens is 230 g/mol. The third-order valence-corrected chi connectivity index (χ3v) is 3.01. The first-order valence-electron chi connectivity index (χ1n) is 5.83. The van der Waals surface area contributed by atoms with Crippen LogP contribution in [0.15, 0.2) is 18.3 Å². The summed E-state index contributed by atoms with van der Waals surface area (Å²) in [6.45, 7) is 2.87. The maximum absolute atomic E-state index is 11.4. The Morgan fingerprint density at radius 3 is 2.61 bits per heavy atom. The van der Waals surface area contributed by atoms with Gasteiger partial charge in [0.2, 0.25) is 5.91 Å². The van der Waals surface area contributed by atoms with Crippen LogP contribution in [0.25, 0.3) is 0 Å². The van der Waals surface area contributed by atoms with Gasteiger partial charge in [-0.15, -0.1) is 0 Å². The Bertz CT molecular complexity index is 456. The fourth-order valence-electron chi connectivity index (χ4n) is 1.95. The topological polar surface area (TPSA) is 86.2 Å². The molecule has 1 saturated heterocycles. The van der Waals surface area contributed by atoms with Gasteiger partial charge in [-0.25, -0.2) is 4.98 Å². The summed E-state index contributed by atoms with van der Waals surface area (Å²) in [5, 5.41) is 8.70. The third-order valence-electron chi connectivity index (χ3n) is 3.01. The average Bonchev–Trinajstić information content (AvgIpc) is 2.47. The molecule has 0 bridgehead atoms. The second-order valence-corrected chi connectivity index (χ2v) is 4.09. The van der Waals surface area contributed by atoms with Crippen LogP contribution in [0.1, 0.15) is 5.56 Å². The normalized spacial score (nSPS) is 15.3. The fraction of sp³-hybridized carbons (Fsp3) is 0.417. The largest absolute Gasteiger partial charge is 0.353 e. The van der Waals surface area contributed by atoms with Gasteiger partial charge in [-0.05, 0) is 12.1 Å². The molecule has 94 valence electrons. The number of rotatable bonds is 2. The monoisotopic (exact) mass is 245 g/mol. The predicted octanol–water partition coefficient (Wildman–Crippen LogP) is -0.439. The summed E-state index contributed by atoms with van der Waals surface area (Å²) in [6, 6.07) is 5.62. The maximum Gasteiger partial charge on any atom is 0.236 e. The number of anilines is 1. The van der Waals surface area contributed by atoms with Crippen molar-refractivity contribution in [2.45, 2.75) is 0 Å². The zero-order valence-corrected chi connectivity index (χ0v) is 10.0. The smallest absolute Gasteiger partial charge is 0.236 e. The molecule has 1 aliphatic heterocycles. The molecule has 0 aromatic carbocycles. The van der Waals surface area contributed by atoms with E-state index in [2.05, 4.69) is 9.88 Å². The van der Waals surface area contributed by atoms with Crippen LogP contribution in [0.4, 0.5) is 5.82 Å². The second-order valence-electron chi connectivity index (χ2n) is 4.09. The number of carbonyl (C=O) groups excluding carboxylic acids is 1. The Kier molecular flexibility index (Phi) is 3.75. The van der Waals surface area contributed by atoms with Gasteiger partial charge in [-0.2, -0.15) is 5.26 Å². The van der Waals surface area contributed by atoms with Gasteiger partial charge in [-0.3, -0.25) is 4.79 Å². The first kappa shape index (κ1) is 12.3. The number of hydrogen-bond donors (Lipinski definition) is 1. The molecule has 6 heteroatoms. The molecule has 1 amide bonds. The highest BCUT2D eigenvalue weighted by atomic mass is 16.2. The molecular formula is C12H15N5O. The van der Waals surface area contributed by atoms with Gasteiger partial charge < -0.3 is 15.5 Å². The molecule has 1 aromatic rings. The van der Waals surface area contributed by atoms with Crippen molar-refractivity contribution < 1.29 is 4.79 Å². The van der Waals surface area contributed by atoms with Crippen molar-refractivity contribution in [1.82, 2.24) is 9.88 Å². The zero-order chi connectivity index (χ0) is 13.0. The second kappa shape index (κ2) is 5.47. The van der Waals surface area contributed by atoms with Crippen molar-refractivity contribution in [3.63, 3.8) is 0 Å². The first-order chi connectivity index (χ1) is 8.74. The fourth-order valence-corrected chi connectivity index (χ4v) is 1.95. The van der Waals surface area contributed by atoms with Crippen LogP contribution in [0.3, 0.4) is 0 Å². The quantitative estimate of drug-likeness (QED) is 0.763. The van der Waals surface area contributed by atoms with Crippen LogP contribution >= 0.6 is 0 Å². The highest BCUT2D eigenvalue weighted by molar-refractivity contribution is 5.78. The lowest BCUT2D eigenvalue weighted by atomic mass is 10.2. The van der Waals surface area contributed by atoms with E-state index in [4.69, 9.17) is 11.0 Å². The van der Waals surface area contributed by atoms with E-state index in [9.17, 15) is 4.79 Å². The van der Waals surface area contributed by atoms with E-state index in [1.54, 1.807) is 17.2 Å². The molecule has 1 fully saturated rings. The lowest BCUT2D eigenvalue weighted by Crippen LogP contribution is -2.50. The molecule has 2 rings (SSSR count). The number of piperazine rings is 1. The minimum absolute atomic E-state index is 0.0116. The van der Waals surface area contributed by atoms with E-state index in [-0.39, 0.29) is 12.5 Å². The van der Waals surface area contributed by atoms with Crippen LogP contribution in [-0.2, 0) is 4.79 Å². The van der Waals surface area contributed by atoms with Gasteiger partial charge >= 0.3 is 0 Å². The Balaban J connectivity index is 1.97. The summed E-state index contributed by atoms with van der Waals surface area (Å²) in [6.07, 6.45) is 1.56. The Morgan fingerprint density at radius 1 is 1.39 bits per heavy atom. The third kappa shape index (κ3) is 2.57. The summed E-state index contributed by atoms with van der Waals surface area (Å²) >= 11 is 0. The van der Waals surface area contributed by atoms with Crippen molar-refractivity contribution in [2.75, 3.05) is 37.6 Å². The number of hydrogen-bond acceptors (Lipinski definition) is 5. The molecule has 0 atom stereocenters. The minimum atomic E-state index is -0.0116. The minimum Gasteiger partial charge on any atom is -0.353 e. The number of nitrogens with two attached hydrogens (primary N) is 1. The Labute approximate surface area is 106 Å². The molecule has 18 heavy (non-hydrogen) atoms. The van der Waals surface area contributed by atoms with Crippen molar-refractivity contribution in [1.29, 1.82) is 5.26 Å². The molecule has 2 heterocycles. The summed E-state index contributed by atoms with van der Waals surface area (Å²) in [5.74, 6) is 0.830. The van der Waals surface area contributed by atoms with E-state index in [0.717, 1.165) is 18.9 Å². The lowest BCUT2D eigenvalue weighted by Gasteiger charge is -2.35. The number of nitriles is 1. The van der Waals surface area contributed by atoms with E-state index < -0.39 is 0 Å². The number of pyridine rings is 1.